The minimum Gasteiger partial charge on any atom is -0.377 e. The van der Waals surface area contributed by atoms with Gasteiger partial charge in [0.05, 0.1) is 17.1 Å². The van der Waals surface area contributed by atoms with Gasteiger partial charge in [-0.05, 0) is 18.6 Å². The maximum absolute atomic E-state index is 5.82. The highest BCUT2D eigenvalue weighted by atomic mass is 16.5. The third-order valence-corrected chi connectivity index (χ3v) is 4.78. The van der Waals surface area contributed by atoms with E-state index >= 15 is 0 Å². The number of H-pyrrole nitrogens is 1. The van der Waals surface area contributed by atoms with Crippen molar-refractivity contribution in [3.05, 3.63) is 24.3 Å². The molecule has 1 aliphatic carbocycles. The molecule has 1 saturated carbocycles. The maximum Gasteiger partial charge on any atom is 0.201 e. The summed E-state index contributed by atoms with van der Waals surface area (Å²) in [4.78, 5) is 7.96. The molecule has 4 nitrogen and oxygen atoms in total. The van der Waals surface area contributed by atoms with Crippen molar-refractivity contribution in [2.75, 3.05) is 11.9 Å². The Labute approximate surface area is 112 Å². The Kier molecular flexibility index (Phi) is 2.22. The number of nitrogens with one attached hydrogen (secondary N) is 2. The molecule has 3 unspecified atom stereocenters. The lowest BCUT2D eigenvalue weighted by Gasteiger charge is -2.54. The van der Waals surface area contributed by atoms with Gasteiger partial charge < -0.3 is 15.0 Å². The molecule has 2 aliphatic rings. The standard InChI is InChI=1S/C15H19N3O/c1-15(2)12(9-7-8-19-13(9)15)18-14-16-10-5-3-4-6-11(10)17-14/h3-6,9,12-13H,7-8H2,1-2H3,(H2,16,17,18). The van der Waals surface area contributed by atoms with Crippen LogP contribution in [-0.4, -0.2) is 28.7 Å². The largest absolute Gasteiger partial charge is 0.377 e. The Morgan fingerprint density at radius 3 is 3.05 bits per heavy atom. The number of benzene rings is 1. The van der Waals surface area contributed by atoms with Crippen LogP contribution in [0.1, 0.15) is 20.3 Å². The zero-order valence-corrected chi connectivity index (χ0v) is 11.3. The fraction of sp³-hybridized carbons (Fsp3) is 0.533. The van der Waals surface area contributed by atoms with Crippen LogP contribution in [0.5, 0.6) is 0 Å². The van der Waals surface area contributed by atoms with E-state index in [2.05, 4.69) is 35.2 Å². The molecule has 100 valence electrons. The highest BCUT2D eigenvalue weighted by molar-refractivity contribution is 5.77. The van der Waals surface area contributed by atoms with Gasteiger partial charge in [0.1, 0.15) is 0 Å². The van der Waals surface area contributed by atoms with E-state index in [1.165, 1.54) is 0 Å². The van der Waals surface area contributed by atoms with Gasteiger partial charge in [0, 0.05) is 24.0 Å². The van der Waals surface area contributed by atoms with Gasteiger partial charge in [0.25, 0.3) is 0 Å². The van der Waals surface area contributed by atoms with E-state index in [1.54, 1.807) is 0 Å². The second-order valence-corrected chi connectivity index (χ2v) is 6.29. The lowest BCUT2D eigenvalue weighted by molar-refractivity contribution is -0.0924. The van der Waals surface area contributed by atoms with Gasteiger partial charge in [-0.3, -0.25) is 0 Å². The van der Waals surface area contributed by atoms with Crippen molar-refractivity contribution in [1.29, 1.82) is 0 Å². The van der Waals surface area contributed by atoms with Gasteiger partial charge in [0.2, 0.25) is 5.95 Å². The highest BCUT2D eigenvalue weighted by Crippen LogP contribution is 2.53. The number of rotatable bonds is 2. The second-order valence-electron chi connectivity index (χ2n) is 6.29. The van der Waals surface area contributed by atoms with E-state index < -0.39 is 0 Å². The Bertz CT molecular complexity index is 586. The van der Waals surface area contributed by atoms with E-state index in [0.717, 1.165) is 30.0 Å². The zero-order chi connectivity index (χ0) is 13.0. The van der Waals surface area contributed by atoms with Gasteiger partial charge in [-0.1, -0.05) is 26.0 Å². The number of aromatic nitrogens is 2. The molecule has 1 aliphatic heterocycles. The molecule has 1 aromatic carbocycles. The molecule has 2 aromatic rings. The van der Waals surface area contributed by atoms with Gasteiger partial charge in [-0.15, -0.1) is 0 Å². The smallest absolute Gasteiger partial charge is 0.201 e. The van der Waals surface area contributed by atoms with Crippen molar-refractivity contribution >= 4 is 17.0 Å². The number of nitrogens with zero attached hydrogens (tertiary/aromatic N) is 1. The number of aromatic amines is 1. The van der Waals surface area contributed by atoms with Gasteiger partial charge >= 0.3 is 0 Å². The van der Waals surface area contributed by atoms with Gasteiger partial charge in [0.15, 0.2) is 0 Å². The van der Waals surface area contributed by atoms with Crippen LogP contribution in [0.15, 0.2) is 24.3 Å². The van der Waals surface area contributed by atoms with E-state index in [9.17, 15) is 0 Å². The Morgan fingerprint density at radius 1 is 1.37 bits per heavy atom. The van der Waals surface area contributed by atoms with Crippen LogP contribution >= 0.6 is 0 Å². The van der Waals surface area contributed by atoms with Crippen LogP contribution in [0.2, 0.25) is 0 Å². The summed E-state index contributed by atoms with van der Waals surface area (Å²) in [6.45, 7) is 5.46. The molecule has 19 heavy (non-hydrogen) atoms. The Balaban J connectivity index is 1.61. The van der Waals surface area contributed by atoms with Crippen LogP contribution in [0, 0.1) is 11.3 Å². The third kappa shape index (κ3) is 1.53. The molecule has 4 heteroatoms. The highest BCUT2D eigenvalue weighted by Gasteiger charge is 2.59. The third-order valence-electron chi connectivity index (χ3n) is 4.78. The molecule has 0 amide bonds. The Morgan fingerprint density at radius 2 is 2.21 bits per heavy atom. The predicted molar refractivity (Wildman–Crippen MR) is 75.1 cm³/mol. The number of fused-ring (bicyclic) bond motifs is 2. The number of para-hydroxylation sites is 2. The Hall–Kier alpha value is -1.55. The first-order valence-electron chi connectivity index (χ1n) is 6.99. The molecule has 1 saturated heterocycles. The van der Waals surface area contributed by atoms with E-state index in [4.69, 9.17) is 4.74 Å². The molecule has 0 radical (unpaired) electrons. The zero-order valence-electron chi connectivity index (χ0n) is 11.3. The molecule has 3 atom stereocenters. The molecular weight excluding hydrogens is 238 g/mol. The summed E-state index contributed by atoms with van der Waals surface area (Å²) in [6.07, 6.45) is 1.57. The number of hydrogen-bond donors (Lipinski definition) is 2. The van der Waals surface area contributed by atoms with E-state index in [1.807, 2.05) is 18.2 Å². The van der Waals surface area contributed by atoms with Crippen molar-refractivity contribution in [1.82, 2.24) is 9.97 Å². The van der Waals surface area contributed by atoms with E-state index in [-0.39, 0.29) is 5.41 Å². The first-order chi connectivity index (χ1) is 9.16. The fourth-order valence-corrected chi connectivity index (χ4v) is 3.79. The summed E-state index contributed by atoms with van der Waals surface area (Å²) in [5.74, 6) is 1.51. The fourth-order valence-electron chi connectivity index (χ4n) is 3.79. The first kappa shape index (κ1) is 11.3. The second kappa shape index (κ2) is 3.73. The van der Waals surface area contributed by atoms with Crippen molar-refractivity contribution in [2.45, 2.75) is 32.4 Å². The van der Waals surface area contributed by atoms with Crippen LogP contribution in [-0.2, 0) is 4.74 Å². The van der Waals surface area contributed by atoms with Gasteiger partial charge in [-0.25, -0.2) is 4.98 Å². The summed E-state index contributed by atoms with van der Waals surface area (Å²) in [5.41, 5.74) is 2.28. The summed E-state index contributed by atoms with van der Waals surface area (Å²) >= 11 is 0. The number of ether oxygens (including phenoxy) is 1. The number of hydrogen-bond acceptors (Lipinski definition) is 3. The van der Waals surface area contributed by atoms with Crippen molar-refractivity contribution < 1.29 is 4.74 Å². The summed E-state index contributed by atoms with van der Waals surface area (Å²) in [7, 11) is 0. The molecule has 0 spiro atoms. The molecule has 1 aromatic heterocycles. The lowest BCUT2D eigenvalue weighted by atomic mass is 9.57. The average Bonchev–Trinajstić information content (AvgIpc) is 3.01. The van der Waals surface area contributed by atoms with E-state index in [0.29, 0.717) is 18.1 Å². The lowest BCUT2D eigenvalue weighted by Crippen LogP contribution is -2.63. The maximum atomic E-state index is 5.82. The minimum atomic E-state index is 0.181. The molecule has 2 heterocycles. The van der Waals surface area contributed by atoms with Crippen LogP contribution in [0.25, 0.3) is 11.0 Å². The normalized spacial score (nSPS) is 32.0. The number of anilines is 1. The average molecular weight is 257 g/mol. The number of imidazole rings is 1. The monoisotopic (exact) mass is 257 g/mol. The minimum absolute atomic E-state index is 0.181. The summed E-state index contributed by atoms with van der Waals surface area (Å²) in [5, 5.41) is 3.58. The topological polar surface area (TPSA) is 49.9 Å². The van der Waals surface area contributed by atoms with Crippen molar-refractivity contribution in [3.8, 4) is 0 Å². The van der Waals surface area contributed by atoms with Crippen LogP contribution in [0.3, 0.4) is 0 Å². The van der Waals surface area contributed by atoms with Gasteiger partial charge in [-0.2, -0.15) is 0 Å². The SMILES string of the molecule is CC1(C)C(Nc2nc3ccccc3[nH]2)C2CCOC21. The van der Waals surface area contributed by atoms with Crippen LogP contribution in [0.4, 0.5) is 5.95 Å². The first-order valence-corrected chi connectivity index (χ1v) is 6.99. The van der Waals surface area contributed by atoms with Crippen molar-refractivity contribution in [2.24, 2.45) is 11.3 Å². The predicted octanol–water partition coefficient (Wildman–Crippen LogP) is 2.79. The molecule has 4 rings (SSSR count). The van der Waals surface area contributed by atoms with Crippen LogP contribution < -0.4 is 5.32 Å². The quantitative estimate of drug-likeness (QED) is 0.869. The molecule has 2 fully saturated rings. The summed E-state index contributed by atoms with van der Waals surface area (Å²) < 4.78 is 5.82. The summed E-state index contributed by atoms with van der Waals surface area (Å²) in [6, 6.07) is 8.57. The molecule has 2 N–H and O–H groups in total. The van der Waals surface area contributed by atoms with Crippen molar-refractivity contribution in [3.63, 3.8) is 0 Å². The molecule has 0 bridgehead atoms. The molecular formula is C15H19N3O.